The van der Waals surface area contributed by atoms with Gasteiger partial charge in [0.1, 0.15) is 0 Å². The number of aryl methyl sites for hydroxylation is 1. The summed E-state index contributed by atoms with van der Waals surface area (Å²) in [6, 6.07) is 3.68. The van der Waals surface area contributed by atoms with Crippen LogP contribution in [0.3, 0.4) is 0 Å². The molecule has 0 amide bonds. The van der Waals surface area contributed by atoms with Gasteiger partial charge in [-0.05, 0) is 43.5 Å². The number of Topliss-reactive ketones (excluding diaryl/α,β-unsaturated/α-hetero) is 1. The second-order valence-electron chi connectivity index (χ2n) is 4.24. The van der Waals surface area contributed by atoms with Gasteiger partial charge in [0.15, 0.2) is 11.9 Å². The van der Waals surface area contributed by atoms with Crippen molar-refractivity contribution >= 4 is 11.8 Å². The molecule has 0 saturated heterocycles. The lowest BCUT2D eigenvalue weighted by Crippen LogP contribution is -2.33. The third-order valence-electron chi connectivity index (χ3n) is 3.18. The number of esters is 1. The molecule has 1 aromatic rings. The fourth-order valence-corrected chi connectivity index (χ4v) is 1.97. The van der Waals surface area contributed by atoms with Crippen molar-refractivity contribution in [3.8, 4) is 0 Å². The minimum absolute atomic E-state index is 0.0973. The topological polar surface area (TPSA) is 43.4 Å². The molecule has 1 heterocycles. The Bertz CT molecular complexity index is 474. The van der Waals surface area contributed by atoms with Gasteiger partial charge < -0.3 is 4.74 Å². The van der Waals surface area contributed by atoms with E-state index in [1.165, 1.54) is 6.92 Å². The third-order valence-corrected chi connectivity index (χ3v) is 3.18. The molecule has 0 bridgehead atoms. The molecule has 16 heavy (non-hydrogen) atoms. The van der Waals surface area contributed by atoms with Gasteiger partial charge in [0.2, 0.25) is 0 Å². The van der Waals surface area contributed by atoms with E-state index in [4.69, 9.17) is 4.74 Å². The van der Waals surface area contributed by atoms with Gasteiger partial charge in [0.05, 0.1) is 5.56 Å². The fraction of sp³-hybridized carbons (Fsp3) is 0.385. The summed E-state index contributed by atoms with van der Waals surface area (Å²) in [5.74, 6) is -0.482. The molecule has 1 atom stereocenters. The second-order valence-corrected chi connectivity index (χ2v) is 4.24. The summed E-state index contributed by atoms with van der Waals surface area (Å²) in [6.07, 6.45) is -0.107. The van der Waals surface area contributed by atoms with Gasteiger partial charge in [-0.3, -0.25) is 4.79 Å². The number of carbonyl (C=O) groups is 2. The fourth-order valence-electron chi connectivity index (χ4n) is 1.97. The zero-order chi connectivity index (χ0) is 11.9. The highest BCUT2D eigenvalue weighted by atomic mass is 16.5. The van der Waals surface area contributed by atoms with Crippen molar-refractivity contribution < 1.29 is 14.3 Å². The van der Waals surface area contributed by atoms with E-state index in [9.17, 15) is 9.59 Å². The average Bonchev–Trinajstić information content (AvgIpc) is 2.23. The molecular weight excluding hydrogens is 204 g/mol. The van der Waals surface area contributed by atoms with E-state index >= 15 is 0 Å². The summed E-state index contributed by atoms with van der Waals surface area (Å²) in [5.41, 5.74) is 3.77. The molecule has 0 aromatic heterocycles. The molecule has 3 nitrogen and oxygen atoms in total. The van der Waals surface area contributed by atoms with E-state index in [-0.39, 0.29) is 11.8 Å². The Morgan fingerprint density at radius 3 is 2.69 bits per heavy atom. The van der Waals surface area contributed by atoms with E-state index < -0.39 is 6.10 Å². The number of hydrogen-bond donors (Lipinski definition) is 0. The number of benzene rings is 1. The highest BCUT2D eigenvalue weighted by molar-refractivity contribution is 5.96. The van der Waals surface area contributed by atoms with Crippen LogP contribution < -0.4 is 0 Å². The molecule has 0 radical (unpaired) electrons. The highest BCUT2D eigenvalue weighted by Crippen LogP contribution is 2.26. The lowest BCUT2D eigenvalue weighted by atomic mass is 9.90. The van der Waals surface area contributed by atoms with Crippen LogP contribution in [0.4, 0.5) is 0 Å². The smallest absolute Gasteiger partial charge is 0.339 e. The Morgan fingerprint density at radius 2 is 2.06 bits per heavy atom. The molecule has 1 aliphatic heterocycles. The maximum atomic E-state index is 11.7. The zero-order valence-electron chi connectivity index (χ0n) is 9.66. The van der Waals surface area contributed by atoms with Crippen LogP contribution in [-0.4, -0.2) is 17.9 Å². The summed E-state index contributed by atoms with van der Waals surface area (Å²) in [7, 11) is 0. The largest absolute Gasteiger partial charge is 0.450 e. The van der Waals surface area contributed by atoms with Crippen molar-refractivity contribution in [2.24, 2.45) is 0 Å². The zero-order valence-corrected chi connectivity index (χ0v) is 9.66. The van der Waals surface area contributed by atoms with E-state index in [2.05, 4.69) is 0 Å². The lowest BCUT2D eigenvalue weighted by molar-refractivity contribution is -0.125. The first-order valence-corrected chi connectivity index (χ1v) is 5.31. The summed E-state index contributed by atoms with van der Waals surface area (Å²) in [6.45, 7) is 5.43. The Hall–Kier alpha value is -1.64. The van der Waals surface area contributed by atoms with Gasteiger partial charge >= 0.3 is 5.97 Å². The van der Waals surface area contributed by atoms with Crippen LogP contribution in [0, 0.1) is 13.8 Å². The molecule has 1 unspecified atom stereocenters. The summed E-state index contributed by atoms with van der Waals surface area (Å²) in [5, 5.41) is 0. The van der Waals surface area contributed by atoms with Crippen molar-refractivity contribution in [3.05, 3.63) is 34.4 Å². The Kier molecular flexibility index (Phi) is 2.54. The Balaban J connectivity index is 2.51. The molecule has 84 valence electrons. The van der Waals surface area contributed by atoms with E-state index in [1.54, 1.807) is 6.07 Å². The number of hydrogen-bond acceptors (Lipinski definition) is 3. The maximum Gasteiger partial charge on any atom is 0.339 e. The van der Waals surface area contributed by atoms with Crippen molar-refractivity contribution in [3.63, 3.8) is 0 Å². The number of cyclic esters (lactones) is 1. The molecule has 1 aliphatic rings. The predicted molar refractivity (Wildman–Crippen MR) is 59.5 cm³/mol. The van der Waals surface area contributed by atoms with Gasteiger partial charge in [-0.25, -0.2) is 4.79 Å². The van der Waals surface area contributed by atoms with Crippen LogP contribution in [0.2, 0.25) is 0 Å². The standard InChI is InChI=1S/C13H14O3/c1-7-4-5-10-11(8(7)2)6-12(9(3)14)16-13(10)15/h4-5,12H,6H2,1-3H3. The number of ketones is 1. The molecule has 3 heteroatoms. The first-order valence-electron chi connectivity index (χ1n) is 5.31. The molecule has 1 aromatic carbocycles. The normalized spacial score (nSPS) is 18.9. The van der Waals surface area contributed by atoms with Crippen molar-refractivity contribution in [1.29, 1.82) is 0 Å². The van der Waals surface area contributed by atoms with Crippen LogP contribution in [0.25, 0.3) is 0 Å². The SMILES string of the molecule is CC(=O)C1Cc2c(ccc(C)c2C)C(=O)O1. The van der Waals surface area contributed by atoms with Crippen molar-refractivity contribution in [1.82, 2.24) is 0 Å². The average molecular weight is 218 g/mol. The van der Waals surface area contributed by atoms with Crippen LogP contribution in [0.1, 0.15) is 34.0 Å². The van der Waals surface area contributed by atoms with E-state index in [0.29, 0.717) is 12.0 Å². The van der Waals surface area contributed by atoms with Crippen molar-refractivity contribution in [2.75, 3.05) is 0 Å². The number of rotatable bonds is 1. The van der Waals surface area contributed by atoms with Crippen LogP contribution in [-0.2, 0) is 16.0 Å². The van der Waals surface area contributed by atoms with Gasteiger partial charge in [-0.15, -0.1) is 0 Å². The monoisotopic (exact) mass is 218 g/mol. The summed E-state index contributed by atoms with van der Waals surface area (Å²) in [4.78, 5) is 23.0. The van der Waals surface area contributed by atoms with Crippen LogP contribution >= 0.6 is 0 Å². The first-order chi connectivity index (χ1) is 7.50. The van der Waals surface area contributed by atoms with Gasteiger partial charge in [-0.1, -0.05) is 6.07 Å². The number of ether oxygens (including phenoxy) is 1. The highest BCUT2D eigenvalue weighted by Gasteiger charge is 2.30. The minimum atomic E-state index is -0.611. The van der Waals surface area contributed by atoms with Gasteiger partial charge in [0.25, 0.3) is 0 Å². The Morgan fingerprint density at radius 1 is 1.38 bits per heavy atom. The quantitative estimate of drug-likeness (QED) is 0.677. The molecule has 0 aliphatic carbocycles. The van der Waals surface area contributed by atoms with E-state index in [1.807, 2.05) is 19.9 Å². The molecule has 2 rings (SSSR count). The second kappa shape index (κ2) is 3.74. The number of carbonyl (C=O) groups excluding carboxylic acids is 2. The summed E-state index contributed by atoms with van der Waals surface area (Å²) < 4.78 is 5.08. The van der Waals surface area contributed by atoms with E-state index in [0.717, 1.165) is 16.7 Å². The predicted octanol–water partition coefficient (Wildman–Crippen LogP) is 1.97. The molecule has 0 spiro atoms. The molecule has 0 N–H and O–H groups in total. The first kappa shape index (κ1) is 10.9. The lowest BCUT2D eigenvalue weighted by Gasteiger charge is -2.24. The summed E-state index contributed by atoms with van der Waals surface area (Å²) >= 11 is 0. The molecular formula is C13H14O3. The number of fused-ring (bicyclic) bond motifs is 1. The van der Waals surface area contributed by atoms with Gasteiger partial charge in [-0.2, -0.15) is 0 Å². The van der Waals surface area contributed by atoms with Crippen LogP contribution in [0.15, 0.2) is 12.1 Å². The van der Waals surface area contributed by atoms with Crippen LogP contribution in [0.5, 0.6) is 0 Å². The Labute approximate surface area is 94.4 Å². The van der Waals surface area contributed by atoms with Gasteiger partial charge in [0, 0.05) is 6.42 Å². The maximum absolute atomic E-state index is 11.7. The molecule has 0 saturated carbocycles. The molecule has 0 fully saturated rings. The minimum Gasteiger partial charge on any atom is -0.450 e. The third kappa shape index (κ3) is 1.62. The van der Waals surface area contributed by atoms with Crippen molar-refractivity contribution in [2.45, 2.75) is 33.3 Å².